The fraction of sp³-hybridized carbons (Fsp3) is 0. The van der Waals surface area contributed by atoms with Crippen LogP contribution in [0.15, 0.2) is 0 Å². The third-order valence-corrected chi connectivity index (χ3v) is 0.366. The second-order valence-electron chi connectivity index (χ2n) is 1.22. The minimum absolute atomic E-state index is 0. The first-order valence-electron chi connectivity index (χ1n) is 2.21. The summed E-state index contributed by atoms with van der Waals surface area (Å²) in [4.78, 5) is 36.4. The molecule has 0 aromatic rings. The van der Waals surface area contributed by atoms with Crippen molar-refractivity contribution in [2.45, 2.75) is 0 Å². The topological polar surface area (TPSA) is 181 Å². The second kappa shape index (κ2) is 11.4. The fourth-order valence-corrected chi connectivity index (χ4v) is 0. The molecule has 0 atom stereocenters. The maximum Gasteiger partial charge on any atom is 1.00 e. The molecular formula is C4H7LiO9. The van der Waals surface area contributed by atoms with E-state index in [1.807, 2.05) is 0 Å². The first kappa shape index (κ1) is 22.9. The van der Waals surface area contributed by atoms with Crippen molar-refractivity contribution in [1.29, 1.82) is 0 Å². The van der Waals surface area contributed by atoms with Gasteiger partial charge in [-0.3, -0.25) is 0 Å². The summed E-state index contributed by atoms with van der Waals surface area (Å²) in [7, 11) is 0. The molecule has 0 aromatic carbocycles. The van der Waals surface area contributed by atoms with E-state index in [2.05, 4.69) is 0 Å². The number of carboxylic acid groups (broad SMARTS) is 4. The van der Waals surface area contributed by atoms with Crippen molar-refractivity contribution in [2.75, 3.05) is 0 Å². The van der Waals surface area contributed by atoms with Crippen LogP contribution in [0.1, 0.15) is 1.43 Å². The van der Waals surface area contributed by atoms with Gasteiger partial charge in [0.1, 0.15) is 0 Å². The Hall–Kier alpha value is -1.56. The third-order valence-electron chi connectivity index (χ3n) is 0.366. The summed E-state index contributed by atoms with van der Waals surface area (Å²) < 4.78 is 0. The molecule has 0 heterocycles. The fourth-order valence-electron chi connectivity index (χ4n) is 0. The summed E-state index contributed by atoms with van der Waals surface area (Å²) in [6.07, 6.45) is 0. The zero-order valence-electron chi connectivity index (χ0n) is 7.92. The number of hydrogen-bond donors (Lipinski definition) is 4. The Morgan fingerprint density at radius 3 is 0.714 bits per heavy atom. The molecule has 0 amide bonds. The molecule has 0 rings (SSSR count). The summed E-state index contributed by atoms with van der Waals surface area (Å²) in [5, 5.41) is 29.6. The Bertz CT molecular complexity index is 178. The van der Waals surface area contributed by atoms with Gasteiger partial charge in [0.25, 0.3) is 0 Å². The zero-order valence-corrected chi connectivity index (χ0v) is 6.92. The molecule has 0 spiro atoms. The maximum absolute atomic E-state index is 9.10. The van der Waals surface area contributed by atoms with E-state index in [9.17, 15) is 0 Å². The van der Waals surface area contributed by atoms with Crippen LogP contribution in [0.5, 0.6) is 0 Å². The summed E-state index contributed by atoms with van der Waals surface area (Å²) in [5.74, 6) is -7.30. The first-order valence-corrected chi connectivity index (χ1v) is 2.21. The molecule has 0 saturated heterocycles. The molecule has 0 saturated carbocycles. The molecule has 0 aliphatic heterocycles. The van der Waals surface area contributed by atoms with Gasteiger partial charge in [-0.1, -0.05) is 0 Å². The van der Waals surface area contributed by atoms with E-state index >= 15 is 0 Å². The standard InChI is InChI=1S/2C2H2O4.Li.H2O.H/c2*3-1(4)2(5)6;;;/h2*(H,3,4)(H,5,6);;1H2;/q;;+1;;-1. The SMILES string of the molecule is O.O=C(O)C(=O)O.O=C(O)C(=O)O.[H-].[Li+]. The van der Waals surface area contributed by atoms with Gasteiger partial charge in [-0.2, -0.15) is 0 Å². The molecule has 0 aliphatic carbocycles. The van der Waals surface area contributed by atoms with Crippen molar-refractivity contribution < 1.29 is 65.4 Å². The van der Waals surface area contributed by atoms with Crippen molar-refractivity contribution in [2.24, 2.45) is 0 Å². The third kappa shape index (κ3) is 22.4. The van der Waals surface area contributed by atoms with E-state index < -0.39 is 23.9 Å². The summed E-state index contributed by atoms with van der Waals surface area (Å²) in [5.41, 5.74) is 0. The minimum Gasteiger partial charge on any atom is -1.00 e. The molecule has 9 nitrogen and oxygen atoms in total. The van der Waals surface area contributed by atoms with Crippen LogP contribution in [0.4, 0.5) is 0 Å². The van der Waals surface area contributed by atoms with E-state index in [1.54, 1.807) is 0 Å². The maximum atomic E-state index is 9.10. The van der Waals surface area contributed by atoms with Crippen molar-refractivity contribution in [1.82, 2.24) is 0 Å². The monoisotopic (exact) mass is 206 g/mol. The van der Waals surface area contributed by atoms with Crippen LogP contribution in [-0.2, 0) is 19.2 Å². The molecule has 0 bridgehead atoms. The Morgan fingerprint density at radius 1 is 0.643 bits per heavy atom. The average Bonchev–Trinajstić information content (AvgIpc) is 1.88. The molecular weight excluding hydrogens is 199 g/mol. The Balaban J connectivity index is -0.0000000370. The molecule has 78 valence electrons. The molecule has 10 heteroatoms. The van der Waals surface area contributed by atoms with Crippen molar-refractivity contribution in [3.8, 4) is 0 Å². The Kier molecular flexibility index (Phi) is 18.7. The average molecular weight is 206 g/mol. The van der Waals surface area contributed by atoms with Crippen LogP contribution in [-0.4, -0.2) is 49.8 Å². The van der Waals surface area contributed by atoms with E-state index in [0.717, 1.165) is 0 Å². The largest absolute Gasteiger partial charge is 1.00 e. The summed E-state index contributed by atoms with van der Waals surface area (Å²) in [6.45, 7) is 0. The number of rotatable bonds is 0. The van der Waals surface area contributed by atoms with E-state index in [1.165, 1.54) is 0 Å². The van der Waals surface area contributed by atoms with E-state index in [-0.39, 0.29) is 25.8 Å². The van der Waals surface area contributed by atoms with Gasteiger partial charge in [-0.25, -0.2) is 19.2 Å². The minimum atomic E-state index is -1.82. The predicted octanol–water partition coefficient (Wildman–Crippen LogP) is -5.40. The van der Waals surface area contributed by atoms with Crippen LogP contribution >= 0.6 is 0 Å². The van der Waals surface area contributed by atoms with Crippen molar-refractivity contribution in [3.05, 3.63) is 0 Å². The Labute approximate surface area is 89.9 Å². The molecule has 0 aromatic heterocycles. The number of aliphatic carboxylic acids is 4. The van der Waals surface area contributed by atoms with Gasteiger partial charge < -0.3 is 27.3 Å². The van der Waals surface area contributed by atoms with E-state index in [4.69, 9.17) is 39.6 Å². The van der Waals surface area contributed by atoms with Crippen LogP contribution in [0.25, 0.3) is 0 Å². The van der Waals surface area contributed by atoms with Crippen LogP contribution < -0.4 is 18.9 Å². The summed E-state index contributed by atoms with van der Waals surface area (Å²) >= 11 is 0. The predicted molar refractivity (Wildman–Crippen MR) is 35.3 cm³/mol. The van der Waals surface area contributed by atoms with Gasteiger partial charge >= 0.3 is 42.7 Å². The Morgan fingerprint density at radius 2 is 0.714 bits per heavy atom. The smallest absolute Gasteiger partial charge is 1.00 e. The normalized spacial score (nSPS) is 6.29. The quantitative estimate of drug-likeness (QED) is 0.223. The van der Waals surface area contributed by atoms with Crippen LogP contribution in [0.3, 0.4) is 0 Å². The van der Waals surface area contributed by atoms with Crippen LogP contribution in [0, 0.1) is 0 Å². The molecule has 14 heavy (non-hydrogen) atoms. The van der Waals surface area contributed by atoms with Gasteiger partial charge in [0.05, 0.1) is 0 Å². The van der Waals surface area contributed by atoms with Crippen molar-refractivity contribution >= 4 is 23.9 Å². The van der Waals surface area contributed by atoms with Crippen molar-refractivity contribution in [3.63, 3.8) is 0 Å². The number of hydrogen-bond acceptors (Lipinski definition) is 4. The molecule has 0 aliphatic rings. The molecule has 6 N–H and O–H groups in total. The van der Waals surface area contributed by atoms with Gasteiger partial charge in [-0.15, -0.1) is 0 Å². The first-order chi connectivity index (χ1) is 5.29. The number of carbonyl (C=O) groups is 4. The van der Waals surface area contributed by atoms with Gasteiger partial charge in [0.2, 0.25) is 0 Å². The second-order valence-corrected chi connectivity index (χ2v) is 1.22. The van der Waals surface area contributed by atoms with Gasteiger partial charge in [0, 0.05) is 0 Å². The molecule has 0 fully saturated rings. The molecule has 0 radical (unpaired) electrons. The molecule has 0 unspecified atom stereocenters. The van der Waals surface area contributed by atoms with Gasteiger partial charge in [0.15, 0.2) is 0 Å². The zero-order chi connectivity index (χ0) is 10.3. The summed E-state index contributed by atoms with van der Waals surface area (Å²) in [6, 6.07) is 0. The van der Waals surface area contributed by atoms with E-state index in [0.29, 0.717) is 0 Å². The van der Waals surface area contributed by atoms with Crippen LogP contribution in [0.2, 0.25) is 0 Å². The van der Waals surface area contributed by atoms with Gasteiger partial charge in [-0.05, 0) is 0 Å². The number of carboxylic acids is 4.